The van der Waals surface area contributed by atoms with Gasteiger partial charge in [0.2, 0.25) is 0 Å². The summed E-state index contributed by atoms with van der Waals surface area (Å²) in [6, 6.07) is 0. The number of nitrogens with zero attached hydrogens (tertiary/aromatic N) is 2. The third-order valence-electron chi connectivity index (χ3n) is 3.19. The van der Waals surface area contributed by atoms with Crippen molar-refractivity contribution in [2.45, 2.75) is 6.18 Å². The van der Waals surface area contributed by atoms with Crippen LogP contribution in [0.4, 0.5) is 32.0 Å². The highest BCUT2D eigenvalue weighted by atomic mass is 19.4. The Bertz CT molecular complexity index is 718. The van der Waals surface area contributed by atoms with Crippen molar-refractivity contribution in [1.29, 1.82) is 0 Å². The number of aryl methyl sites for hydroxylation is 2. The van der Waals surface area contributed by atoms with E-state index in [1.54, 1.807) is 26.5 Å². The van der Waals surface area contributed by atoms with E-state index in [1.807, 2.05) is 0 Å². The molecule has 2 rings (SSSR count). The number of hydrogen-bond donors (Lipinski definition) is 1. The number of halogens is 6. The van der Waals surface area contributed by atoms with Crippen molar-refractivity contribution in [3.05, 3.63) is 35.4 Å². The third-order valence-corrected chi connectivity index (χ3v) is 3.19. The molecule has 22 heavy (non-hydrogen) atoms. The quantitative estimate of drug-likeness (QED) is 0.283. The molecule has 1 aromatic heterocycles. The molecular formula is C12H10BF6N3. The number of anilines is 1. The van der Waals surface area contributed by atoms with Crippen LogP contribution in [0, 0.1) is 17.5 Å². The molecule has 0 fully saturated rings. The summed E-state index contributed by atoms with van der Waals surface area (Å²) in [6.45, 7) is 0. The summed E-state index contributed by atoms with van der Waals surface area (Å²) >= 11 is 0. The van der Waals surface area contributed by atoms with E-state index in [-0.39, 0.29) is 5.72 Å². The lowest BCUT2D eigenvalue weighted by Gasteiger charge is -2.22. The number of alkyl halides is 3. The van der Waals surface area contributed by atoms with Crippen LogP contribution < -0.4 is 21.5 Å². The van der Waals surface area contributed by atoms with Crippen LogP contribution in [0.1, 0.15) is 5.56 Å². The first-order valence-electron chi connectivity index (χ1n) is 5.94. The van der Waals surface area contributed by atoms with E-state index in [9.17, 15) is 26.3 Å². The zero-order valence-corrected chi connectivity index (χ0v) is 11.5. The number of rotatable bonds is 2. The van der Waals surface area contributed by atoms with E-state index in [4.69, 9.17) is 5.73 Å². The molecule has 0 aliphatic rings. The Morgan fingerprint density at radius 3 is 2.18 bits per heavy atom. The fourth-order valence-corrected chi connectivity index (χ4v) is 2.02. The summed E-state index contributed by atoms with van der Waals surface area (Å²) in [5.41, 5.74) is 1.30. The second-order valence-electron chi connectivity index (χ2n) is 4.66. The number of hydrogen-bond acceptors (Lipinski definition) is 1. The highest BCUT2D eigenvalue weighted by Gasteiger charge is 2.40. The van der Waals surface area contributed by atoms with E-state index in [1.165, 1.54) is 9.13 Å². The van der Waals surface area contributed by atoms with Gasteiger partial charge in [-0.2, -0.15) is 13.2 Å². The second-order valence-corrected chi connectivity index (χ2v) is 4.66. The van der Waals surface area contributed by atoms with Gasteiger partial charge in [-0.3, -0.25) is 9.13 Å². The fraction of sp³-hybridized carbons (Fsp3) is 0.250. The SMILES string of the molecule is Cn1cc[n+](C)c1[B-]c1c(N)c(F)c(F)c(C(F)(F)F)c1F. The van der Waals surface area contributed by atoms with Gasteiger partial charge in [0.1, 0.15) is 18.0 Å². The molecule has 3 nitrogen and oxygen atoms in total. The second kappa shape index (κ2) is 5.26. The van der Waals surface area contributed by atoms with Gasteiger partial charge in [-0.05, 0) is 0 Å². The molecular weight excluding hydrogens is 311 g/mol. The van der Waals surface area contributed by atoms with E-state index < -0.39 is 40.3 Å². The molecule has 2 radical (unpaired) electrons. The van der Waals surface area contributed by atoms with Gasteiger partial charge in [-0.25, -0.2) is 18.6 Å². The molecule has 0 amide bonds. The van der Waals surface area contributed by atoms with Gasteiger partial charge < -0.3 is 5.73 Å². The van der Waals surface area contributed by atoms with Gasteiger partial charge in [0, 0.05) is 11.4 Å². The molecule has 1 aromatic carbocycles. The summed E-state index contributed by atoms with van der Waals surface area (Å²) in [4.78, 5) is 0. The van der Waals surface area contributed by atoms with Crippen molar-refractivity contribution < 1.29 is 30.9 Å². The number of nitrogens with two attached hydrogens (primary N) is 1. The van der Waals surface area contributed by atoms with E-state index >= 15 is 0 Å². The van der Waals surface area contributed by atoms with E-state index in [2.05, 4.69) is 0 Å². The van der Waals surface area contributed by atoms with Gasteiger partial charge >= 0.3 is 6.18 Å². The summed E-state index contributed by atoms with van der Waals surface area (Å²) in [7, 11) is 4.01. The summed E-state index contributed by atoms with van der Waals surface area (Å²) in [5.74, 6) is -6.24. The molecule has 0 atom stereocenters. The first kappa shape index (κ1) is 16.2. The highest BCUT2D eigenvalue weighted by molar-refractivity contribution is 6.66. The minimum Gasteiger partial charge on any atom is -0.399 e. The smallest absolute Gasteiger partial charge is 0.399 e. The predicted molar refractivity (Wildman–Crippen MR) is 67.3 cm³/mol. The van der Waals surface area contributed by atoms with Gasteiger partial charge in [0.15, 0.2) is 11.6 Å². The van der Waals surface area contributed by atoms with Crippen molar-refractivity contribution in [2.75, 3.05) is 5.73 Å². The molecule has 0 aliphatic heterocycles. The first-order valence-corrected chi connectivity index (χ1v) is 5.94. The minimum atomic E-state index is -5.39. The van der Waals surface area contributed by atoms with E-state index in [0.29, 0.717) is 0 Å². The number of nitrogen functional groups attached to an aromatic ring is 1. The lowest BCUT2D eigenvalue weighted by Crippen LogP contribution is -2.54. The number of aromatic nitrogens is 2. The van der Waals surface area contributed by atoms with Crippen molar-refractivity contribution >= 4 is 24.2 Å². The normalized spacial score (nSPS) is 12.0. The Morgan fingerprint density at radius 2 is 1.73 bits per heavy atom. The monoisotopic (exact) mass is 321 g/mol. The lowest BCUT2D eigenvalue weighted by molar-refractivity contribution is -0.652. The standard InChI is InChI=1S/C12H10BF6N3/c1-21-3-4-22(2)11(21)13-6-7(14)5(12(17,18)19)8(15)9(16)10(6)20/h3-4H,20H2,1-2H3. The highest BCUT2D eigenvalue weighted by Crippen LogP contribution is 2.35. The molecule has 0 saturated heterocycles. The Balaban J connectivity index is 2.69. The van der Waals surface area contributed by atoms with E-state index in [0.717, 1.165) is 7.28 Å². The molecule has 2 aromatic rings. The summed E-state index contributed by atoms with van der Waals surface area (Å²) < 4.78 is 82.1. The maximum absolute atomic E-state index is 14.1. The maximum atomic E-state index is 14.1. The molecule has 0 saturated carbocycles. The minimum absolute atomic E-state index is 0.240. The predicted octanol–water partition coefficient (Wildman–Crippen LogP) is 0.523. The Morgan fingerprint density at radius 1 is 1.14 bits per heavy atom. The Kier molecular flexibility index (Phi) is 3.88. The lowest BCUT2D eigenvalue weighted by atomic mass is 9.67. The summed E-state index contributed by atoms with van der Waals surface area (Å²) in [6.07, 6.45) is -2.29. The number of benzene rings is 1. The van der Waals surface area contributed by atoms with Crippen LogP contribution in [0.3, 0.4) is 0 Å². The third kappa shape index (κ3) is 2.53. The van der Waals surface area contributed by atoms with Crippen LogP contribution >= 0.6 is 0 Å². The topological polar surface area (TPSA) is 34.8 Å². The molecule has 10 heteroatoms. The number of imidazole rings is 1. The van der Waals surface area contributed by atoms with Crippen molar-refractivity contribution in [3.8, 4) is 0 Å². The largest absolute Gasteiger partial charge is 0.422 e. The van der Waals surface area contributed by atoms with Gasteiger partial charge in [-0.15, -0.1) is 7.28 Å². The average Bonchev–Trinajstić information content (AvgIpc) is 2.71. The van der Waals surface area contributed by atoms with Crippen LogP contribution in [0.5, 0.6) is 0 Å². The van der Waals surface area contributed by atoms with Crippen LogP contribution in [0.25, 0.3) is 0 Å². The molecule has 1 heterocycles. The van der Waals surface area contributed by atoms with Gasteiger partial charge in [0.05, 0.1) is 19.9 Å². The first-order chi connectivity index (χ1) is 10.1. The van der Waals surface area contributed by atoms with Gasteiger partial charge in [0.25, 0.3) is 0 Å². The van der Waals surface area contributed by atoms with Crippen LogP contribution in [0.2, 0.25) is 0 Å². The van der Waals surface area contributed by atoms with Crippen molar-refractivity contribution in [2.24, 2.45) is 14.1 Å². The fourth-order valence-electron chi connectivity index (χ4n) is 2.02. The zero-order valence-electron chi connectivity index (χ0n) is 11.5. The maximum Gasteiger partial charge on any atom is 0.422 e. The Labute approximate surface area is 122 Å². The molecule has 0 spiro atoms. The average molecular weight is 321 g/mol. The zero-order chi connectivity index (χ0) is 16.8. The molecule has 0 bridgehead atoms. The van der Waals surface area contributed by atoms with Crippen LogP contribution in [-0.4, -0.2) is 11.8 Å². The van der Waals surface area contributed by atoms with Crippen LogP contribution in [0.15, 0.2) is 12.4 Å². The van der Waals surface area contributed by atoms with Crippen LogP contribution in [-0.2, 0) is 20.3 Å². The summed E-state index contributed by atoms with van der Waals surface area (Å²) in [5, 5.41) is 0. The van der Waals surface area contributed by atoms with Crippen molar-refractivity contribution in [1.82, 2.24) is 4.57 Å². The molecule has 0 aliphatic carbocycles. The molecule has 0 unspecified atom stereocenters. The molecule has 118 valence electrons. The molecule has 2 N–H and O–H groups in total. The van der Waals surface area contributed by atoms with Gasteiger partial charge in [-0.1, -0.05) is 0 Å². The Hall–Kier alpha value is -2.13. The van der Waals surface area contributed by atoms with Crippen molar-refractivity contribution in [3.63, 3.8) is 0 Å².